The van der Waals surface area contributed by atoms with E-state index in [1.165, 1.54) is 11.1 Å². The third-order valence-corrected chi connectivity index (χ3v) is 4.41. The van der Waals surface area contributed by atoms with Crippen molar-refractivity contribution in [2.75, 3.05) is 40.3 Å². The van der Waals surface area contributed by atoms with Crippen LogP contribution < -0.4 is 5.32 Å². The fraction of sp³-hybridized carbons (Fsp3) is 0.650. The summed E-state index contributed by atoms with van der Waals surface area (Å²) in [6, 6.07) is 8.77. The van der Waals surface area contributed by atoms with Crippen LogP contribution in [0.1, 0.15) is 37.8 Å². The smallest absolute Gasteiger partial charge is 0.194 e. The first-order chi connectivity index (χ1) is 12.1. The molecule has 1 aromatic carbocycles. The highest BCUT2D eigenvalue weighted by atomic mass is 16.5. The first kappa shape index (κ1) is 19.7. The van der Waals surface area contributed by atoms with Crippen molar-refractivity contribution < 1.29 is 4.74 Å². The van der Waals surface area contributed by atoms with Gasteiger partial charge in [0.05, 0.1) is 12.6 Å². The van der Waals surface area contributed by atoms with E-state index in [0.29, 0.717) is 6.10 Å². The lowest BCUT2D eigenvalue weighted by Gasteiger charge is -2.34. The molecule has 1 aliphatic heterocycles. The Morgan fingerprint density at radius 1 is 1.16 bits per heavy atom. The maximum atomic E-state index is 5.75. The number of hydrogen-bond acceptors (Lipinski definition) is 3. The van der Waals surface area contributed by atoms with Crippen molar-refractivity contribution in [2.45, 2.75) is 45.9 Å². The molecule has 5 heteroatoms. The van der Waals surface area contributed by atoms with Crippen LogP contribution in [-0.2, 0) is 17.8 Å². The van der Waals surface area contributed by atoms with Crippen LogP contribution in [0.4, 0.5) is 0 Å². The van der Waals surface area contributed by atoms with Gasteiger partial charge in [-0.2, -0.15) is 0 Å². The number of nitrogens with one attached hydrogen (secondary N) is 1. The molecule has 140 valence electrons. The maximum absolute atomic E-state index is 5.75. The molecule has 0 saturated carbocycles. The van der Waals surface area contributed by atoms with Crippen LogP contribution in [0.15, 0.2) is 29.3 Å². The second-order valence-electron chi connectivity index (χ2n) is 6.87. The summed E-state index contributed by atoms with van der Waals surface area (Å²) in [7, 11) is 4.19. The Hall–Kier alpha value is -1.59. The number of aliphatic imine (C=N–C) groups is 1. The van der Waals surface area contributed by atoms with Gasteiger partial charge in [0.15, 0.2) is 5.96 Å². The summed E-state index contributed by atoms with van der Waals surface area (Å²) >= 11 is 0. The van der Waals surface area contributed by atoms with Crippen LogP contribution in [0.3, 0.4) is 0 Å². The third kappa shape index (κ3) is 6.67. The van der Waals surface area contributed by atoms with Crippen molar-refractivity contribution in [3.63, 3.8) is 0 Å². The Morgan fingerprint density at radius 3 is 2.36 bits per heavy atom. The molecule has 0 aliphatic carbocycles. The minimum absolute atomic E-state index is 0.411. The zero-order valence-electron chi connectivity index (χ0n) is 16.3. The van der Waals surface area contributed by atoms with Crippen LogP contribution >= 0.6 is 0 Å². The Bertz CT molecular complexity index is 519. The molecule has 1 saturated heterocycles. The van der Waals surface area contributed by atoms with E-state index in [0.717, 1.165) is 58.1 Å². The summed E-state index contributed by atoms with van der Waals surface area (Å²) in [5, 5.41) is 3.44. The molecule has 2 rings (SSSR count). The van der Waals surface area contributed by atoms with Gasteiger partial charge in [-0.05, 0) is 51.9 Å². The van der Waals surface area contributed by atoms with E-state index in [9.17, 15) is 0 Å². The molecular weight excluding hydrogens is 312 g/mol. The Kier molecular flexibility index (Phi) is 8.22. The number of hydrogen-bond donors (Lipinski definition) is 1. The van der Waals surface area contributed by atoms with E-state index in [1.807, 2.05) is 0 Å². The SMILES string of the molecule is CCNC(=NCc1ccc(CN(C)C)cc1)N1CCC(OCC)CC1. The number of benzene rings is 1. The van der Waals surface area contributed by atoms with Crippen molar-refractivity contribution in [1.82, 2.24) is 15.1 Å². The van der Waals surface area contributed by atoms with E-state index >= 15 is 0 Å². The lowest BCUT2D eigenvalue weighted by atomic mass is 10.1. The zero-order valence-corrected chi connectivity index (χ0v) is 16.3. The average Bonchev–Trinajstić information content (AvgIpc) is 2.60. The number of piperidine rings is 1. The van der Waals surface area contributed by atoms with Gasteiger partial charge in [0.2, 0.25) is 0 Å². The van der Waals surface area contributed by atoms with Crippen molar-refractivity contribution in [3.05, 3.63) is 35.4 Å². The highest BCUT2D eigenvalue weighted by molar-refractivity contribution is 5.80. The third-order valence-electron chi connectivity index (χ3n) is 4.41. The van der Waals surface area contributed by atoms with Crippen molar-refractivity contribution in [1.29, 1.82) is 0 Å². The highest BCUT2D eigenvalue weighted by Crippen LogP contribution is 2.14. The minimum Gasteiger partial charge on any atom is -0.378 e. The predicted octanol–water partition coefficient (Wildman–Crippen LogP) is 2.71. The van der Waals surface area contributed by atoms with E-state index in [-0.39, 0.29) is 0 Å². The second-order valence-corrected chi connectivity index (χ2v) is 6.87. The van der Waals surface area contributed by atoms with Gasteiger partial charge in [-0.3, -0.25) is 0 Å². The summed E-state index contributed by atoms with van der Waals surface area (Å²) in [6.07, 6.45) is 2.57. The van der Waals surface area contributed by atoms with Gasteiger partial charge < -0.3 is 19.9 Å². The van der Waals surface area contributed by atoms with Crippen LogP contribution in [0.5, 0.6) is 0 Å². The monoisotopic (exact) mass is 346 g/mol. The fourth-order valence-corrected chi connectivity index (χ4v) is 3.18. The molecule has 0 radical (unpaired) electrons. The van der Waals surface area contributed by atoms with E-state index in [4.69, 9.17) is 9.73 Å². The zero-order chi connectivity index (χ0) is 18.1. The summed E-state index contributed by atoms with van der Waals surface area (Å²) in [6.45, 7) is 9.61. The van der Waals surface area contributed by atoms with Crippen molar-refractivity contribution in [2.24, 2.45) is 4.99 Å². The number of nitrogens with zero attached hydrogens (tertiary/aromatic N) is 3. The molecule has 5 nitrogen and oxygen atoms in total. The van der Waals surface area contributed by atoms with Gasteiger partial charge >= 0.3 is 0 Å². The summed E-state index contributed by atoms with van der Waals surface area (Å²) in [5.41, 5.74) is 2.59. The summed E-state index contributed by atoms with van der Waals surface area (Å²) in [4.78, 5) is 9.39. The van der Waals surface area contributed by atoms with Gasteiger partial charge in [-0.1, -0.05) is 24.3 Å². The molecule has 25 heavy (non-hydrogen) atoms. The lowest BCUT2D eigenvalue weighted by molar-refractivity contribution is 0.0263. The Morgan fingerprint density at radius 2 is 1.80 bits per heavy atom. The molecule has 0 unspecified atom stereocenters. The molecular formula is C20H34N4O. The Balaban J connectivity index is 1.93. The fourth-order valence-electron chi connectivity index (χ4n) is 3.18. The Labute approximate surface area is 153 Å². The largest absolute Gasteiger partial charge is 0.378 e. The maximum Gasteiger partial charge on any atom is 0.194 e. The predicted molar refractivity (Wildman–Crippen MR) is 105 cm³/mol. The second kappa shape index (κ2) is 10.4. The molecule has 0 bridgehead atoms. The normalized spacial score (nSPS) is 16.5. The molecule has 0 spiro atoms. The quantitative estimate of drug-likeness (QED) is 0.609. The van der Waals surface area contributed by atoms with Crippen LogP contribution in [-0.4, -0.2) is 62.2 Å². The van der Waals surface area contributed by atoms with Gasteiger partial charge in [-0.15, -0.1) is 0 Å². The average molecular weight is 347 g/mol. The number of ether oxygens (including phenoxy) is 1. The molecule has 1 aromatic rings. The standard InChI is InChI=1S/C20H34N4O/c1-5-21-20(24-13-11-19(12-14-24)25-6-2)22-15-17-7-9-18(10-8-17)16-23(3)4/h7-10,19H,5-6,11-16H2,1-4H3,(H,21,22). The first-order valence-corrected chi connectivity index (χ1v) is 9.49. The minimum atomic E-state index is 0.411. The highest BCUT2D eigenvalue weighted by Gasteiger charge is 2.21. The van der Waals surface area contributed by atoms with Gasteiger partial charge in [0, 0.05) is 32.8 Å². The molecule has 1 fully saturated rings. The number of rotatable bonds is 7. The number of likely N-dealkylation sites (tertiary alicyclic amines) is 1. The van der Waals surface area contributed by atoms with Crippen LogP contribution in [0.2, 0.25) is 0 Å². The topological polar surface area (TPSA) is 40.1 Å². The molecule has 0 aromatic heterocycles. The molecule has 1 aliphatic rings. The number of guanidine groups is 1. The molecule has 1 N–H and O–H groups in total. The molecule has 0 amide bonds. The summed E-state index contributed by atoms with van der Waals surface area (Å²) in [5.74, 6) is 1.02. The van der Waals surface area contributed by atoms with E-state index < -0.39 is 0 Å². The first-order valence-electron chi connectivity index (χ1n) is 9.49. The molecule has 0 atom stereocenters. The van der Waals surface area contributed by atoms with E-state index in [1.54, 1.807) is 0 Å². The lowest BCUT2D eigenvalue weighted by Crippen LogP contribution is -2.47. The molecule has 1 heterocycles. The van der Waals surface area contributed by atoms with Crippen molar-refractivity contribution >= 4 is 5.96 Å². The van der Waals surface area contributed by atoms with Crippen molar-refractivity contribution in [3.8, 4) is 0 Å². The van der Waals surface area contributed by atoms with Gasteiger partial charge in [0.25, 0.3) is 0 Å². The van der Waals surface area contributed by atoms with Gasteiger partial charge in [-0.25, -0.2) is 4.99 Å². The van der Waals surface area contributed by atoms with Crippen LogP contribution in [0, 0.1) is 0 Å². The summed E-state index contributed by atoms with van der Waals surface area (Å²) < 4.78 is 5.75. The van der Waals surface area contributed by atoms with Crippen LogP contribution in [0.25, 0.3) is 0 Å². The van der Waals surface area contributed by atoms with Gasteiger partial charge in [0.1, 0.15) is 0 Å². The van der Waals surface area contributed by atoms with E-state index in [2.05, 4.69) is 67.3 Å².